The highest BCUT2D eigenvalue weighted by atomic mass is 19.3. The van der Waals surface area contributed by atoms with Crippen molar-refractivity contribution in [3.05, 3.63) is 0 Å². The summed E-state index contributed by atoms with van der Waals surface area (Å²) in [7, 11) is 0. The Balaban J connectivity index is 1.79. The van der Waals surface area contributed by atoms with E-state index in [0.29, 0.717) is 13.2 Å². The van der Waals surface area contributed by atoms with Crippen LogP contribution < -0.4 is 5.32 Å². The Morgan fingerprint density at radius 2 is 1.81 bits per heavy atom. The molecule has 3 saturated heterocycles. The third kappa shape index (κ3) is 1.76. The molecule has 92 valence electrons. The summed E-state index contributed by atoms with van der Waals surface area (Å²) in [5.41, 5.74) is 0. The summed E-state index contributed by atoms with van der Waals surface area (Å²) in [6.45, 7) is 1.32. The van der Waals surface area contributed by atoms with Crippen molar-refractivity contribution in [2.45, 2.75) is 50.1 Å². The molecular formula is C12H19F2NO. The topological polar surface area (TPSA) is 21.3 Å². The molecule has 1 N–H and O–H groups in total. The van der Waals surface area contributed by atoms with E-state index in [4.69, 9.17) is 4.74 Å². The van der Waals surface area contributed by atoms with Gasteiger partial charge in [0.25, 0.3) is 5.92 Å². The first kappa shape index (κ1) is 10.9. The number of hydrogen-bond donors (Lipinski definition) is 1. The summed E-state index contributed by atoms with van der Waals surface area (Å²) in [4.78, 5) is 0. The molecule has 0 aromatic heterocycles. The lowest BCUT2D eigenvalue weighted by molar-refractivity contribution is -0.130. The van der Waals surface area contributed by atoms with Gasteiger partial charge in [-0.3, -0.25) is 0 Å². The maximum Gasteiger partial charge on any atom is 0.254 e. The van der Waals surface area contributed by atoms with E-state index in [9.17, 15) is 8.78 Å². The summed E-state index contributed by atoms with van der Waals surface area (Å²) >= 11 is 0. The maximum absolute atomic E-state index is 14.1. The highest BCUT2D eigenvalue weighted by molar-refractivity contribution is 5.03. The second-order valence-electron chi connectivity index (χ2n) is 5.49. The molecule has 4 heteroatoms. The van der Waals surface area contributed by atoms with Crippen molar-refractivity contribution in [2.24, 2.45) is 11.8 Å². The van der Waals surface area contributed by atoms with Crippen LogP contribution in [-0.2, 0) is 4.74 Å². The highest BCUT2D eigenvalue weighted by Gasteiger charge is 2.55. The van der Waals surface area contributed by atoms with E-state index < -0.39 is 11.8 Å². The van der Waals surface area contributed by atoms with Crippen LogP contribution in [0.25, 0.3) is 0 Å². The summed E-state index contributed by atoms with van der Waals surface area (Å²) in [6.07, 6.45) is 3.53. The molecule has 0 saturated carbocycles. The quantitative estimate of drug-likeness (QED) is 0.747. The fourth-order valence-electron chi connectivity index (χ4n) is 3.80. The molecule has 3 aliphatic heterocycles. The molecule has 3 rings (SSSR count). The van der Waals surface area contributed by atoms with Crippen molar-refractivity contribution in [3.63, 3.8) is 0 Å². The van der Waals surface area contributed by atoms with Gasteiger partial charge >= 0.3 is 0 Å². The first-order valence-corrected chi connectivity index (χ1v) is 6.38. The minimum atomic E-state index is -2.46. The van der Waals surface area contributed by atoms with E-state index in [2.05, 4.69) is 5.32 Å². The molecule has 0 aliphatic carbocycles. The van der Waals surface area contributed by atoms with E-state index in [1.807, 2.05) is 0 Å². The van der Waals surface area contributed by atoms with Crippen LogP contribution in [0.2, 0.25) is 0 Å². The fourth-order valence-corrected chi connectivity index (χ4v) is 3.80. The monoisotopic (exact) mass is 231 g/mol. The van der Waals surface area contributed by atoms with Gasteiger partial charge in [0.1, 0.15) is 0 Å². The standard InChI is InChI=1S/C12H19F2NO/c13-12(14)7-9-1-2-10(15-9)11(12)8-3-5-16-6-4-8/h8-11,15H,1-7H2. The molecule has 3 atom stereocenters. The number of rotatable bonds is 1. The minimum absolute atomic E-state index is 0.0471. The molecule has 2 nitrogen and oxygen atoms in total. The Bertz CT molecular complexity index is 266. The van der Waals surface area contributed by atoms with Crippen LogP contribution in [-0.4, -0.2) is 31.2 Å². The Hall–Kier alpha value is -0.220. The molecule has 2 bridgehead atoms. The van der Waals surface area contributed by atoms with Gasteiger partial charge in [0, 0.05) is 37.6 Å². The Morgan fingerprint density at radius 3 is 2.56 bits per heavy atom. The second kappa shape index (κ2) is 3.91. The molecule has 3 unspecified atom stereocenters. The van der Waals surface area contributed by atoms with E-state index >= 15 is 0 Å². The van der Waals surface area contributed by atoms with Crippen LogP contribution in [0.15, 0.2) is 0 Å². The minimum Gasteiger partial charge on any atom is -0.381 e. The van der Waals surface area contributed by atoms with E-state index in [0.717, 1.165) is 25.7 Å². The van der Waals surface area contributed by atoms with Crippen LogP contribution >= 0.6 is 0 Å². The van der Waals surface area contributed by atoms with E-state index in [1.165, 1.54) is 0 Å². The van der Waals surface area contributed by atoms with Gasteiger partial charge in [-0.05, 0) is 31.6 Å². The SMILES string of the molecule is FC1(F)CC2CCC(N2)C1C1CCOCC1. The average molecular weight is 231 g/mol. The third-order valence-electron chi connectivity index (χ3n) is 4.49. The largest absolute Gasteiger partial charge is 0.381 e. The molecule has 0 amide bonds. The number of fused-ring (bicyclic) bond motifs is 2. The molecule has 0 aromatic carbocycles. The van der Waals surface area contributed by atoms with Gasteiger partial charge < -0.3 is 10.1 Å². The van der Waals surface area contributed by atoms with Gasteiger partial charge in [-0.2, -0.15) is 0 Å². The highest BCUT2D eigenvalue weighted by Crippen LogP contribution is 2.47. The van der Waals surface area contributed by atoms with Crippen molar-refractivity contribution >= 4 is 0 Å². The first-order valence-electron chi connectivity index (χ1n) is 6.38. The van der Waals surface area contributed by atoms with Gasteiger partial charge in [0.05, 0.1) is 0 Å². The zero-order valence-electron chi connectivity index (χ0n) is 9.42. The normalized spacial score (nSPS) is 43.5. The fraction of sp³-hybridized carbons (Fsp3) is 1.00. The molecule has 3 aliphatic rings. The zero-order chi connectivity index (χ0) is 11.2. The molecule has 3 fully saturated rings. The van der Waals surface area contributed by atoms with Crippen molar-refractivity contribution < 1.29 is 13.5 Å². The predicted octanol–water partition coefficient (Wildman–Crippen LogP) is 2.19. The zero-order valence-corrected chi connectivity index (χ0v) is 9.42. The van der Waals surface area contributed by atoms with Crippen LogP contribution in [0.3, 0.4) is 0 Å². The van der Waals surface area contributed by atoms with Gasteiger partial charge in [0.15, 0.2) is 0 Å². The third-order valence-corrected chi connectivity index (χ3v) is 4.49. The van der Waals surface area contributed by atoms with Crippen molar-refractivity contribution in [1.82, 2.24) is 5.32 Å². The summed E-state index contributed by atoms with van der Waals surface area (Å²) in [6, 6.07) is 0.118. The van der Waals surface area contributed by atoms with Crippen molar-refractivity contribution in [1.29, 1.82) is 0 Å². The molecule has 16 heavy (non-hydrogen) atoms. The van der Waals surface area contributed by atoms with E-state index in [-0.39, 0.29) is 24.4 Å². The second-order valence-corrected chi connectivity index (χ2v) is 5.49. The number of alkyl halides is 2. The lowest BCUT2D eigenvalue weighted by Crippen LogP contribution is -2.55. The number of hydrogen-bond acceptors (Lipinski definition) is 2. The Labute approximate surface area is 94.7 Å². The number of piperidine rings is 1. The maximum atomic E-state index is 14.1. The van der Waals surface area contributed by atoms with Gasteiger partial charge in [-0.15, -0.1) is 0 Å². The lowest BCUT2D eigenvalue weighted by atomic mass is 9.75. The molecule has 0 radical (unpaired) electrons. The van der Waals surface area contributed by atoms with Crippen LogP contribution in [0, 0.1) is 11.8 Å². The van der Waals surface area contributed by atoms with Crippen LogP contribution in [0.1, 0.15) is 32.1 Å². The van der Waals surface area contributed by atoms with E-state index in [1.54, 1.807) is 0 Å². The molecule has 0 spiro atoms. The molecular weight excluding hydrogens is 212 g/mol. The van der Waals surface area contributed by atoms with Gasteiger partial charge in [0.2, 0.25) is 0 Å². The van der Waals surface area contributed by atoms with Crippen molar-refractivity contribution in [3.8, 4) is 0 Å². The summed E-state index contributed by atoms with van der Waals surface area (Å²) in [5.74, 6) is -2.76. The average Bonchev–Trinajstić information content (AvgIpc) is 2.62. The van der Waals surface area contributed by atoms with Crippen LogP contribution in [0.4, 0.5) is 8.78 Å². The summed E-state index contributed by atoms with van der Waals surface area (Å²) in [5, 5.41) is 3.37. The van der Waals surface area contributed by atoms with Crippen LogP contribution in [0.5, 0.6) is 0 Å². The number of halogens is 2. The van der Waals surface area contributed by atoms with Crippen molar-refractivity contribution in [2.75, 3.05) is 13.2 Å². The number of ether oxygens (including phenoxy) is 1. The van der Waals surface area contributed by atoms with Gasteiger partial charge in [-0.1, -0.05) is 0 Å². The molecule has 0 aromatic rings. The first-order chi connectivity index (χ1) is 7.67. The Kier molecular flexibility index (Phi) is 2.67. The Morgan fingerprint density at radius 1 is 1.06 bits per heavy atom. The summed E-state index contributed by atoms with van der Waals surface area (Å²) < 4.78 is 33.5. The lowest BCUT2D eigenvalue weighted by Gasteiger charge is -2.43. The smallest absolute Gasteiger partial charge is 0.254 e. The van der Waals surface area contributed by atoms with Gasteiger partial charge in [-0.25, -0.2) is 8.78 Å². The number of nitrogens with one attached hydrogen (secondary N) is 1. The predicted molar refractivity (Wildman–Crippen MR) is 56.5 cm³/mol. The molecule has 3 heterocycles.